The highest BCUT2D eigenvalue weighted by atomic mass is 32.1. The Morgan fingerprint density at radius 2 is 1.84 bits per heavy atom. The van der Waals surface area contributed by atoms with E-state index in [1.807, 2.05) is 41.5 Å². The molecule has 0 fully saturated rings. The van der Waals surface area contributed by atoms with Gasteiger partial charge in [0.25, 0.3) is 5.91 Å². The van der Waals surface area contributed by atoms with Crippen molar-refractivity contribution in [1.29, 1.82) is 0 Å². The van der Waals surface area contributed by atoms with Crippen LogP contribution in [0, 0.1) is 0 Å². The summed E-state index contributed by atoms with van der Waals surface area (Å²) in [4.78, 5) is 13.4. The van der Waals surface area contributed by atoms with E-state index in [-0.39, 0.29) is 11.9 Å². The first-order valence-electron chi connectivity index (χ1n) is 6.50. The first-order valence-corrected chi connectivity index (χ1v) is 7.32. The zero-order valence-corrected chi connectivity index (χ0v) is 13.2. The van der Waals surface area contributed by atoms with Crippen molar-refractivity contribution in [2.45, 2.75) is 58.8 Å². The van der Waals surface area contributed by atoms with Crippen molar-refractivity contribution in [2.24, 2.45) is 0 Å². The van der Waals surface area contributed by atoms with Gasteiger partial charge in [-0.3, -0.25) is 4.79 Å². The average molecular weight is 282 g/mol. The number of carbonyl (C=O) groups is 1. The number of anilines is 1. The molecule has 0 spiro atoms. The van der Waals surface area contributed by atoms with E-state index >= 15 is 0 Å². The van der Waals surface area contributed by atoms with Gasteiger partial charge >= 0.3 is 0 Å². The Morgan fingerprint density at radius 1 is 1.26 bits per heavy atom. The van der Waals surface area contributed by atoms with E-state index in [1.54, 1.807) is 0 Å². The van der Waals surface area contributed by atoms with Crippen molar-refractivity contribution < 1.29 is 9.53 Å². The predicted molar refractivity (Wildman–Crippen MR) is 78.5 cm³/mol. The van der Waals surface area contributed by atoms with Gasteiger partial charge in [0.05, 0.1) is 21.8 Å². The average Bonchev–Trinajstić information content (AvgIpc) is 2.61. The lowest BCUT2D eigenvalue weighted by Gasteiger charge is -2.26. The summed E-state index contributed by atoms with van der Waals surface area (Å²) in [6.45, 7) is 11.9. The maximum Gasteiger partial charge on any atom is 0.254 e. The molecule has 1 aromatic rings. The molecule has 2 rings (SSSR count). The standard InChI is InChI=1S/C14H22N2O2S/c1-7(2)16-12(17)8-9-10(19-11(8)15)14(5,6)18-13(9,3)4/h7H,15H2,1-6H3,(H,16,17). The second kappa shape index (κ2) is 4.21. The Balaban J connectivity index is 2.57. The number of nitrogens with one attached hydrogen (secondary N) is 1. The minimum atomic E-state index is -0.489. The fraction of sp³-hybridized carbons (Fsp3) is 0.643. The Kier molecular flexibility index (Phi) is 3.18. The summed E-state index contributed by atoms with van der Waals surface area (Å²) >= 11 is 1.46. The smallest absolute Gasteiger partial charge is 0.254 e. The van der Waals surface area contributed by atoms with Crippen LogP contribution in [0.4, 0.5) is 5.00 Å². The molecule has 0 aromatic carbocycles. The van der Waals surface area contributed by atoms with Crippen LogP contribution in [0.1, 0.15) is 62.3 Å². The number of rotatable bonds is 2. The number of thiophene rings is 1. The maximum absolute atomic E-state index is 12.4. The number of ether oxygens (including phenoxy) is 1. The molecule has 5 heteroatoms. The molecule has 1 aromatic heterocycles. The van der Waals surface area contributed by atoms with Gasteiger partial charge in [0.2, 0.25) is 0 Å². The van der Waals surface area contributed by atoms with Crippen molar-refractivity contribution in [2.75, 3.05) is 5.73 Å². The first-order chi connectivity index (χ1) is 8.56. The highest BCUT2D eigenvalue weighted by molar-refractivity contribution is 7.16. The second-order valence-electron chi connectivity index (χ2n) is 6.30. The highest BCUT2D eigenvalue weighted by Gasteiger charge is 2.48. The molecule has 0 saturated heterocycles. The molecule has 0 aliphatic carbocycles. The topological polar surface area (TPSA) is 64.4 Å². The Bertz CT molecular complexity index is 530. The summed E-state index contributed by atoms with van der Waals surface area (Å²) < 4.78 is 6.07. The Morgan fingerprint density at radius 3 is 2.37 bits per heavy atom. The Hall–Kier alpha value is -1.07. The van der Waals surface area contributed by atoms with Crippen LogP contribution in [0.25, 0.3) is 0 Å². The van der Waals surface area contributed by atoms with Crippen LogP contribution in [0.15, 0.2) is 0 Å². The van der Waals surface area contributed by atoms with Crippen LogP contribution in [-0.2, 0) is 15.9 Å². The van der Waals surface area contributed by atoms with Gasteiger partial charge < -0.3 is 15.8 Å². The van der Waals surface area contributed by atoms with E-state index in [0.717, 1.165) is 10.4 Å². The molecule has 0 atom stereocenters. The van der Waals surface area contributed by atoms with Gasteiger partial charge in [-0.05, 0) is 41.5 Å². The normalized spacial score (nSPS) is 19.5. The molecule has 1 aliphatic heterocycles. The number of fused-ring (bicyclic) bond motifs is 1. The quantitative estimate of drug-likeness (QED) is 0.876. The van der Waals surface area contributed by atoms with Crippen LogP contribution >= 0.6 is 11.3 Å². The summed E-state index contributed by atoms with van der Waals surface area (Å²) in [5.74, 6) is -0.112. The third-order valence-corrected chi connectivity index (χ3v) is 4.57. The number of carbonyl (C=O) groups excluding carboxylic acids is 1. The number of nitrogen functional groups attached to an aromatic ring is 1. The molecule has 0 bridgehead atoms. The lowest BCUT2D eigenvalue weighted by atomic mass is 9.93. The third kappa shape index (κ3) is 2.25. The van der Waals surface area contributed by atoms with E-state index in [0.29, 0.717) is 10.6 Å². The van der Waals surface area contributed by atoms with Gasteiger partial charge in [-0.1, -0.05) is 0 Å². The van der Waals surface area contributed by atoms with Crippen molar-refractivity contribution in [3.8, 4) is 0 Å². The first kappa shape index (κ1) is 14.3. The molecule has 19 heavy (non-hydrogen) atoms. The number of hydrogen-bond acceptors (Lipinski definition) is 4. The zero-order valence-electron chi connectivity index (χ0n) is 12.4. The van der Waals surface area contributed by atoms with Crippen molar-refractivity contribution in [1.82, 2.24) is 5.32 Å². The summed E-state index contributed by atoms with van der Waals surface area (Å²) in [5.41, 5.74) is 6.72. The van der Waals surface area contributed by atoms with E-state index in [9.17, 15) is 4.79 Å². The summed E-state index contributed by atoms with van der Waals surface area (Å²) in [5, 5.41) is 3.49. The molecule has 1 amide bonds. The number of hydrogen-bond donors (Lipinski definition) is 2. The molecule has 2 heterocycles. The largest absolute Gasteiger partial charge is 0.390 e. The summed E-state index contributed by atoms with van der Waals surface area (Å²) in [6.07, 6.45) is 0. The fourth-order valence-corrected chi connectivity index (χ4v) is 4.00. The minimum absolute atomic E-state index is 0.0842. The summed E-state index contributed by atoms with van der Waals surface area (Å²) in [7, 11) is 0. The maximum atomic E-state index is 12.4. The van der Waals surface area contributed by atoms with Crippen molar-refractivity contribution in [3.05, 3.63) is 16.0 Å². The molecule has 106 valence electrons. The molecule has 3 N–H and O–H groups in total. The Labute approximate surface area is 118 Å². The SMILES string of the molecule is CC(C)NC(=O)c1c(N)sc2c1C(C)(C)OC2(C)C. The molecule has 0 radical (unpaired) electrons. The van der Waals surface area contributed by atoms with Crippen LogP contribution < -0.4 is 11.1 Å². The monoisotopic (exact) mass is 282 g/mol. The van der Waals surface area contributed by atoms with E-state index in [2.05, 4.69) is 5.32 Å². The lowest BCUT2D eigenvalue weighted by Crippen LogP contribution is -2.32. The molecular weight excluding hydrogens is 260 g/mol. The van der Waals surface area contributed by atoms with Crippen LogP contribution in [0.2, 0.25) is 0 Å². The number of amides is 1. The molecule has 4 nitrogen and oxygen atoms in total. The zero-order chi connectivity index (χ0) is 14.6. The van der Waals surface area contributed by atoms with Crippen LogP contribution in [0.5, 0.6) is 0 Å². The van der Waals surface area contributed by atoms with E-state index in [4.69, 9.17) is 10.5 Å². The van der Waals surface area contributed by atoms with Crippen molar-refractivity contribution in [3.63, 3.8) is 0 Å². The minimum Gasteiger partial charge on any atom is -0.390 e. The van der Waals surface area contributed by atoms with Gasteiger partial charge in [-0.25, -0.2) is 0 Å². The molecule has 1 aliphatic rings. The fourth-order valence-electron chi connectivity index (χ4n) is 2.74. The van der Waals surface area contributed by atoms with Crippen molar-refractivity contribution >= 4 is 22.2 Å². The van der Waals surface area contributed by atoms with Gasteiger partial charge in [0.1, 0.15) is 0 Å². The molecule has 0 unspecified atom stereocenters. The lowest BCUT2D eigenvalue weighted by molar-refractivity contribution is -0.104. The molecular formula is C14H22N2O2S. The van der Waals surface area contributed by atoms with E-state index in [1.165, 1.54) is 11.3 Å². The number of nitrogens with two attached hydrogens (primary N) is 1. The van der Waals surface area contributed by atoms with Crippen LogP contribution in [0.3, 0.4) is 0 Å². The third-order valence-electron chi connectivity index (χ3n) is 3.24. The van der Waals surface area contributed by atoms with Gasteiger partial charge in [0.15, 0.2) is 0 Å². The van der Waals surface area contributed by atoms with Gasteiger partial charge in [-0.2, -0.15) is 0 Å². The predicted octanol–water partition coefficient (Wildman–Crippen LogP) is 2.97. The summed E-state index contributed by atoms with van der Waals surface area (Å²) in [6, 6.07) is 0.0842. The van der Waals surface area contributed by atoms with Gasteiger partial charge in [-0.15, -0.1) is 11.3 Å². The highest BCUT2D eigenvalue weighted by Crippen LogP contribution is 2.53. The van der Waals surface area contributed by atoms with Crippen LogP contribution in [-0.4, -0.2) is 11.9 Å². The second-order valence-corrected chi connectivity index (χ2v) is 7.35. The van der Waals surface area contributed by atoms with E-state index < -0.39 is 11.2 Å². The van der Waals surface area contributed by atoms with Gasteiger partial charge in [0, 0.05) is 16.5 Å². The molecule has 0 saturated carbocycles.